The van der Waals surface area contributed by atoms with Crippen LogP contribution in [0.1, 0.15) is 0 Å². The molecule has 0 bridgehead atoms. The Morgan fingerprint density at radius 1 is 0.947 bits per heavy atom. The van der Waals surface area contributed by atoms with E-state index in [4.69, 9.17) is 11.6 Å². The minimum atomic E-state index is -1.86. The first-order valence-corrected chi connectivity index (χ1v) is 5.11. The van der Waals surface area contributed by atoms with Gasteiger partial charge in [-0.25, -0.2) is 4.39 Å². The lowest BCUT2D eigenvalue weighted by molar-refractivity contribution is 0.343. The van der Waals surface area contributed by atoms with Gasteiger partial charge in [-0.3, -0.25) is 0 Å². The Kier molecular flexibility index (Phi) is 3.57. The molecule has 0 amide bonds. The molecule has 8 heteroatoms. The molecule has 2 nitrogen and oxygen atoms in total. The number of aromatic nitrogens is 1. The minimum Gasteiger partial charge on any atom is -0.451 e. The first-order chi connectivity index (χ1) is 8.90. The molecule has 1 heterocycles. The quantitative estimate of drug-likeness (QED) is 0.611. The van der Waals surface area contributed by atoms with Gasteiger partial charge in [0.25, 0.3) is 11.9 Å². The Bertz CT molecular complexity index is 623. The van der Waals surface area contributed by atoms with Crippen LogP contribution >= 0.6 is 11.6 Å². The minimum absolute atomic E-state index is 0.297. The van der Waals surface area contributed by atoms with Crippen molar-refractivity contribution < 1.29 is 26.7 Å². The number of benzene rings is 1. The summed E-state index contributed by atoms with van der Waals surface area (Å²) in [6.07, 6.45) is 0. The van der Waals surface area contributed by atoms with E-state index in [2.05, 4.69) is 9.72 Å². The predicted octanol–water partition coefficient (Wildman–Crippen LogP) is 4.22. The monoisotopic (exact) mass is 295 g/mol. The second-order valence-corrected chi connectivity index (χ2v) is 3.74. The Balaban J connectivity index is 2.46. The SMILES string of the molecule is Fc1ccc(Oc2c(F)c(F)nc(F)c2F)cc1Cl. The zero-order valence-corrected chi connectivity index (χ0v) is 9.61. The lowest BCUT2D eigenvalue weighted by Gasteiger charge is -2.08. The van der Waals surface area contributed by atoms with Crippen LogP contribution in [0.25, 0.3) is 0 Å². The van der Waals surface area contributed by atoms with Crippen molar-refractivity contribution in [3.63, 3.8) is 0 Å². The predicted molar refractivity (Wildman–Crippen MR) is 55.6 cm³/mol. The third-order valence-electron chi connectivity index (χ3n) is 2.07. The van der Waals surface area contributed by atoms with Crippen molar-refractivity contribution >= 4 is 11.6 Å². The van der Waals surface area contributed by atoms with Crippen molar-refractivity contribution in [2.45, 2.75) is 0 Å². The number of pyridine rings is 1. The zero-order chi connectivity index (χ0) is 14.2. The Morgan fingerprint density at radius 3 is 2.05 bits per heavy atom. The summed E-state index contributed by atoms with van der Waals surface area (Å²) in [7, 11) is 0. The number of rotatable bonds is 2. The molecule has 0 aliphatic rings. The molecule has 1 aromatic heterocycles. The highest BCUT2D eigenvalue weighted by molar-refractivity contribution is 6.30. The smallest absolute Gasteiger partial charge is 0.255 e. The van der Waals surface area contributed by atoms with Crippen LogP contribution in [0.2, 0.25) is 5.02 Å². The first-order valence-electron chi connectivity index (χ1n) is 4.73. The van der Waals surface area contributed by atoms with Gasteiger partial charge in [0.05, 0.1) is 5.02 Å². The van der Waals surface area contributed by atoms with E-state index in [1.165, 1.54) is 0 Å². The van der Waals surface area contributed by atoms with Crippen LogP contribution in [0.3, 0.4) is 0 Å². The lowest BCUT2D eigenvalue weighted by atomic mass is 10.3. The van der Waals surface area contributed by atoms with E-state index in [1.807, 2.05) is 0 Å². The van der Waals surface area contributed by atoms with Gasteiger partial charge in [0.15, 0.2) is 0 Å². The maximum Gasteiger partial charge on any atom is 0.255 e. The summed E-state index contributed by atoms with van der Waals surface area (Å²) in [6, 6.07) is 2.74. The number of hydrogen-bond acceptors (Lipinski definition) is 2. The maximum absolute atomic E-state index is 13.2. The molecule has 0 radical (unpaired) electrons. The van der Waals surface area contributed by atoms with Gasteiger partial charge >= 0.3 is 0 Å². The van der Waals surface area contributed by atoms with E-state index in [9.17, 15) is 22.0 Å². The maximum atomic E-state index is 13.2. The van der Waals surface area contributed by atoms with Crippen molar-refractivity contribution in [1.82, 2.24) is 4.98 Å². The first kappa shape index (κ1) is 13.5. The molecule has 0 unspecified atom stereocenters. The molecule has 0 atom stereocenters. The summed E-state index contributed by atoms with van der Waals surface area (Å²) in [5.74, 6) is -9.74. The van der Waals surface area contributed by atoms with E-state index < -0.39 is 35.1 Å². The van der Waals surface area contributed by atoms with Crippen molar-refractivity contribution in [3.8, 4) is 11.5 Å². The van der Waals surface area contributed by atoms with Crippen LogP contribution in [-0.4, -0.2) is 4.98 Å². The van der Waals surface area contributed by atoms with Crippen LogP contribution in [0.15, 0.2) is 18.2 Å². The second kappa shape index (κ2) is 5.00. The van der Waals surface area contributed by atoms with Gasteiger partial charge < -0.3 is 4.74 Å². The van der Waals surface area contributed by atoms with E-state index >= 15 is 0 Å². The Labute approximate surface area is 108 Å². The fourth-order valence-corrected chi connectivity index (χ4v) is 1.39. The fraction of sp³-hybridized carbons (Fsp3) is 0. The second-order valence-electron chi connectivity index (χ2n) is 3.33. The molecule has 100 valence electrons. The molecule has 19 heavy (non-hydrogen) atoms. The van der Waals surface area contributed by atoms with Crippen molar-refractivity contribution in [2.75, 3.05) is 0 Å². The highest BCUT2D eigenvalue weighted by atomic mass is 35.5. The molecule has 0 N–H and O–H groups in total. The van der Waals surface area contributed by atoms with Crippen LogP contribution in [0.4, 0.5) is 22.0 Å². The third-order valence-corrected chi connectivity index (χ3v) is 2.36. The third kappa shape index (κ3) is 2.60. The van der Waals surface area contributed by atoms with Crippen LogP contribution in [0.5, 0.6) is 11.5 Å². The van der Waals surface area contributed by atoms with Gasteiger partial charge in [-0.05, 0) is 12.1 Å². The number of hydrogen-bond donors (Lipinski definition) is 0. The molecule has 2 aromatic rings. The molecule has 0 saturated heterocycles. The summed E-state index contributed by atoms with van der Waals surface area (Å²) >= 11 is 5.42. The van der Waals surface area contributed by atoms with Crippen LogP contribution in [0, 0.1) is 29.3 Å². The topological polar surface area (TPSA) is 22.1 Å². The van der Waals surface area contributed by atoms with E-state index in [0.717, 1.165) is 18.2 Å². The molecule has 0 fully saturated rings. The molecule has 0 aliphatic heterocycles. The number of halogens is 6. The van der Waals surface area contributed by atoms with Gasteiger partial charge in [-0.1, -0.05) is 11.6 Å². The highest BCUT2D eigenvalue weighted by Crippen LogP contribution is 2.31. The van der Waals surface area contributed by atoms with Gasteiger partial charge in [-0.15, -0.1) is 0 Å². The van der Waals surface area contributed by atoms with Gasteiger partial charge in [-0.2, -0.15) is 22.5 Å². The van der Waals surface area contributed by atoms with Gasteiger partial charge in [0, 0.05) is 6.07 Å². The zero-order valence-electron chi connectivity index (χ0n) is 8.86. The molecule has 2 rings (SSSR count). The van der Waals surface area contributed by atoms with E-state index in [1.54, 1.807) is 0 Å². The van der Waals surface area contributed by atoms with Crippen molar-refractivity contribution in [1.29, 1.82) is 0 Å². The molecule has 1 aromatic carbocycles. The average Bonchev–Trinajstić information content (AvgIpc) is 2.36. The summed E-state index contributed by atoms with van der Waals surface area (Å²) in [6.45, 7) is 0. The van der Waals surface area contributed by atoms with Gasteiger partial charge in [0.1, 0.15) is 11.6 Å². The molecule has 0 aliphatic carbocycles. The van der Waals surface area contributed by atoms with E-state index in [0.29, 0.717) is 0 Å². The number of nitrogens with zero attached hydrogens (tertiary/aromatic N) is 1. The Morgan fingerprint density at radius 2 is 1.53 bits per heavy atom. The van der Waals surface area contributed by atoms with Crippen molar-refractivity contribution in [2.24, 2.45) is 0 Å². The standard InChI is InChI=1S/C11H3ClF5NO/c12-5-3-4(1-2-6(5)13)19-9-7(14)10(16)18-11(17)8(9)15/h1-3H. The largest absolute Gasteiger partial charge is 0.451 e. The molecular formula is C11H3ClF5NO. The molecule has 0 spiro atoms. The molecular weight excluding hydrogens is 293 g/mol. The van der Waals surface area contributed by atoms with Crippen LogP contribution < -0.4 is 4.74 Å². The summed E-state index contributed by atoms with van der Waals surface area (Å²) < 4.78 is 69.6. The lowest BCUT2D eigenvalue weighted by Crippen LogP contribution is -2.03. The highest BCUT2D eigenvalue weighted by Gasteiger charge is 2.23. The van der Waals surface area contributed by atoms with Gasteiger partial charge in [0.2, 0.25) is 17.4 Å². The summed E-state index contributed by atoms with van der Waals surface area (Å²) in [4.78, 5) is 2.36. The van der Waals surface area contributed by atoms with Crippen LogP contribution in [-0.2, 0) is 0 Å². The molecule has 0 saturated carbocycles. The van der Waals surface area contributed by atoms with E-state index in [-0.39, 0.29) is 10.8 Å². The summed E-state index contributed by atoms with van der Waals surface area (Å²) in [5, 5.41) is -0.381. The fourth-order valence-electron chi connectivity index (χ4n) is 1.22. The number of ether oxygens (including phenoxy) is 1. The van der Waals surface area contributed by atoms with Crippen molar-refractivity contribution in [3.05, 3.63) is 52.6 Å². The normalized spacial score (nSPS) is 10.6. The average molecular weight is 296 g/mol. The summed E-state index contributed by atoms with van der Waals surface area (Å²) in [5.41, 5.74) is 0. The Hall–Kier alpha value is -1.89.